The van der Waals surface area contributed by atoms with Crippen LogP contribution in [-0.2, 0) is 14.6 Å². The second-order valence-electron chi connectivity index (χ2n) is 5.45. The maximum absolute atomic E-state index is 12.7. The first-order valence-electron chi connectivity index (χ1n) is 6.53. The predicted octanol–water partition coefficient (Wildman–Crippen LogP) is 3.91. The summed E-state index contributed by atoms with van der Waals surface area (Å²) in [5.41, 5.74) is 4.37. The van der Waals surface area contributed by atoms with E-state index in [0.29, 0.717) is 10.5 Å². The smallest absolute Gasteiger partial charge is 0.265 e. The van der Waals surface area contributed by atoms with Crippen molar-refractivity contribution in [2.45, 2.75) is 32.6 Å². The average Bonchev–Trinajstić information content (AvgIpc) is 2.75. The molecule has 1 aromatic rings. The van der Waals surface area contributed by atoms with Gasteiger partial charge in [-0.2, -0.15) is 0 Å². The third-order valence-corrected chi connectivity index (χ3v) is 6.06. The second-order valence-corrected chi connectivity index (χ2v) is 7.31. The van der Waals surface area contributed by atoms with Gasteiger partial charge in [-0.3, -0.25) is 4.79 Å². The molecule has 0 aromatic heterocycles. The fraction of sp³-hybridized carbons (Fsp3) is 0.400. The van der Waals surface area contributed by atoms with Gasteiger partial charge in [0.25, 0.3) is 5.91 Å². The van der Waals surface area contributed by atoms with Gasteiger partial charge < -0.3 is 4.90 Å². The summed E-state index contributed by atoms with van der Waals surface area (Å²) in [6.45, 7) is 7.59. The topological polar surface area (TPSA) is 54.5 Å². The van der Waals surface area contributed by atoms with Crippen molar-refractivity contribution in [2.24, 2.45) is 0 Å². The molecule has 1 aliphatic heterocycles. The van der Waals surface area contributed by atoms with E-state index in [1.807, 2.05) is 20.8 Å². The fourth-order valence-corrected chi connectivity index (χ4v) is 4.51. The zero-order chi connectivity index (χ0) is 17.4. The van der Waals surface area contributed by atoms with Crippen LogP contribution in [0.4, 0.5) is 0 Å². The van der Waals surface area contributed by atoms with Gasteiger partial charge in [-0.15, -0.1) is 0 Å². The molecule has 1 aromatic carbocycles. The van der Waals surface area contributed by atoms with Crippen LogP contribution in [0.3, 0.4) is 0 Å². The van der Waals surface area contributed by atoms with E-state index in [1.54, 1.807) is 21.0 Å². The number of halogens is 2. The van der Waals surface area contributed by atoms with Crippen molar-refractivity contribution in [2.75, 3.05) is 14.1 Å². The van der Waals surface area contributed by atoms with E-state index in [9.17, 15) is 13.2 Å². The molecule has 1 heterocycles. The van der Waals surface area contributed by atoms with Crippen molar-refractivity contribution < 1.29 is 13.2 Å². The van der Waals surface area contributed by atoms with Crippen LogP contribution in [0.2, 0.25) is 0 Å². The van der Waals surface area contributed by atoms with E-state index in [4.69, 9.17) is 0 Å². The van der Waals surface area contributed by atoms with Gasteiger partial charge in [0.1, 0.15) is 4.91 Å². The van der Waals surface area contributed by atoms with Crippen LogP contribution in [0.25, 0.3) is 6.08 Å². The van der Waals surface area contributed by atoms with Gasteiger partial charge in [-0.25, -0.2) is 8.42 Å². The molecule has 1 amide bonds. The van der Waals surface area contributed by atoms with Crippen LogP contribution in [0, 0.1) is 27.7 Å². The molecule has 0 saturated carbocycles. The number of sulfone groups is 1. The molecule has 0 atom stereocenters. The molecule has 4 nitrogen and oxygen atoms in total. The number of amides is 1. The first-order valence-corrected chi connectivity index (χ1v) is 14.3. The molecule has 0 saturated heterocycles. The van der Waals surface area contributed by atoms with Crippen LogP contribution < -0.4 is 0 Å². The summed E-state index contributed by atoms with van der Waals surface area (Å²) in [6.07, 6.45) is 1.52. The Balaban J connectivity index is 0.00000116. The molecule has 0 radical (unpaired) electrons. The SMILES string of the molecule is Cc1c(C)c(C)c2c(c1C)C=C(C(=O)N(C)C)S2(=O)=O.II. The third kappa shape index (κ3) is 3.08. The Morgan fingerprint density at radius 3 is 1.86 bits per heavy atom. The molecule has 0 N–H and O–H groups in total. The van der Waals surface area contributed by atoms with Crippen molar-refractivity contribution >= 4 is 59.1 Å². The summed E-state index contributed by atoms with van der Waals surface area (Å²) >= 11 is 4.24. The molecule has 7 heteroatoms. The third-order valence-electron chi connectivity index (χ3n) is 4.13. The van der Waals surface area contributed by atoms with Crippen molar-refractivity contribution in [1.29, 1.82) is 0 Å². The molecular weight excluding hydrogens is 528 g/mol. The highest BCUT2D eigenvalue weighted by molar-refractivity contribution is 15.0. The Labute approximate surface area is 155 Å². The minimum Gasteiger partial charge on any atom is -0.344 e. The van der Waals surface area contributed by atoms with Crippen LogP contribution in [0.15, 0.2) is 9.80 Å². The van der Waals surface area contributed by atoms with Crippen molar-refractivity contribution in [3.8, 4) is 0 Å². The number of hydrogen-bond acceptors (Lipinski definition) is 3. The molecule has 2 rings (SSSR count). The largest absolute Gasteiger partial charge is 0.344 e. The van der Waals surface area contributed by atoms with E-state index in [-0.39, 0.29) is 4.91 Å². The maximum atomic E-state index is 12.7. The van der Waals surface area contributed by atoms with E-state index in [2.05, 4.69) is 37.2 Å². The highest BCUT2D eigenvalue weighted by atomic mass is 128. The molecule has 0 aliphatic carbocycles. The van der Waals surface area contributed by atoms with Crippen LogP contribution in [-0.4, -0.2) is 33.3 Å². The zero-order valence-corrected chi connectivity index (χ0v) is 18.5. The second kappa shape index (κ2) is 7.16. The number of nitrogens with zero attached hydrogens (tertiary/aromatic N) is 1. The summed E-state index contributed by atoms with van der Waals surface area (Å²) in [7, 11) is -0.606. The maximum Gasteiger partial charge on any atom is 0.265 e. The highest BCUT2D eigenvalue weighted by Crippen LogP contribution is 2.40. The summed E-state index contributed by atoms with van der Waals surface area (Å²) in [5, 5.41) is 0. The number of carbonyl (C=O) groups is 1. The quantitative estimate of drug-likeness (QED) is 0.502. The lowest BCUT2D eigenvalue weighted by Crippen LogP contribution is -2.26. The van der Waals surface area contributed by atoms with Gasteiger partial charge >= 0.3 is 0 Å². The van der Waals surface area contributed by atoms with Crippen LogP contribution in [0.5, 0.6) is 0 Å². The summed E-state index contributed by atoms with van der Waals surface area (Å²) in [4.78, 5) is 13.6. The lowest BCUT2D eigenvalue weighted by Gasteiger charge is -2.15. The predicted molar refractivity (Wildman–Crippen MR) is 107 cm³/mol. The molecule has 122 valence electrons. The molecule has 0 unspecified atom stereocenters. The number of benzene rings is 1. The van der Waals surface area contributed by atoms with Crippen LogP contribution in [0.1, 0.15) is 27.8 Å². The molecule has 22 heavy (non-hydrogen) atoms. The number of rotatable bonds is 1. The summed E-state index contributed by atoms with van der Waals surface area (Å²) in [5.74, 6) is -0.477. The van der Waals surface area contributed by atoms with Crippen molar-refractivity contribution in [3.63, 3.8) is 0 Å². The number of fused-ring (bicyclic) bond motifs is 1. The fourth-order valence-electron chi connectivity index (χ4n) is 2.54. The number of carbonyl (C=O) groups excluding carboxylic acids is 1. The molecule has 0 bridgehead atoms. The Kier molecular flexibility index (Phi) is 6.48. The molecule has 0 spiro atoms. The lowest BCUT2D eigenvalue weighted by atomic mass is 9.94. The summed E-state index contributed by atoms with van der Waals surface area (Å²) in [6, 6.07) is 0. The van der Waals surface area contributed by atoms with E-state index in [0.717, 1.165) is 22.3 Å². The van der Waals surface area contributed by atoms with Gasteiger partial charge in [0.05, 0.1) is 4.90 Å². The van der Waals surface area contributed by atoms with Crippen molar-refractivity contribution in [3.05, 3.63) is 32.7 Å². The Bertz CT molecular complexity index is 766. The van der Waals surface area contributed by atoms with Gasteiger partial charge in [0, 0.05) is 51.3 Å². The minimum absolute atomic E-state index is 0.131. The van der Waals surface area contributed by atoms with Crippen LogP contribution >= 0.6 is 37.2 Å². The van der Waals surface area contributed by atoms with Gasteiger partial charge in [0.15, 0.2) is 0 Å². The number of hydrogen-bond donors (Lipinski definition) is 0. The first kappa shape index (κ1) is 19.9. The highest BCUT2D eigenvalue weighted by Gasteiger charge is 2.38. The van der Waals surface area contributed by atoms with E-state index in [1.165, 1.54) is 11.0 Å². The Morgan fingerprint density at radius 1 is 0.955 bits per heavy atom. The van der Waals surface area contributed by atoms with Gasteiger partial charge in [-0.1, -0.05) is 0 Å². The van der Waals surface area contributed by atoms with Crippen molar-refractivity contribution in [1.82, 2.24) is 4.90 Å². The Hall–Kier alpha value is -0.160. The molecule has 1 aliphatic rings. The first-order chi connectivity index (χ1) is 10.1. The standard InChI is InChI=1S/C15H19NO3S.I2/c1-8-9(2)11(4)14-12(10(8)3)7-13(20(14,18)19)15(17)16(5)6;1-2/h7H,1-6H3;. The lowest BCUT2D eigenvalue weighted by molar-refractivity contribution is -0.123. The monoisotopic (exact) mass is 547 g/mol. The molecule has 0 fully saturated rings. The normalized spacial score (nSPS) is 14.6. The summed E-state index contributed by atoms with van der Waals surface area (Å²) < 4.78 is 25.3. The average molecular weight is 547 g/mol. The number of likely N-dealkylation sites (N-methyl/N-ethyl adjacent to an activating group) is 1. The zero-order valence-electron chi connectivity index (χ0n) is 13.4. The van der Waals surface area contributed by atoms with Gasteiger partial charge in [0.2, 0.25) is 9.84 Å². The van der Waals surface area contributed by atoms with E-state index >= 15 is 0 Å². The van der Waals surface area contributed by atoms with E-state index < -0.39 is 15.7 Å². The van der Waals surface area contributed by atoms with Gasteiger partial charge in [-0.05, 0) is 61.6 Å². The molecular formula is C15H19I2NO3S. The Morgan fingerprint density at radius 2 is 1.41 bits per heavy atom. The minimum atomic E-state index is -3.71.